The van der Waals surface area contributed by atoms with Gasteiger partial charge in [0.15, 0.2) is 0 Å². The molecule has 0 spiro atoms. The van der Waals surface area contributed by atoms with Crippen molar-refractivity contribution < 1.29 is 0 Å². The number of rotatable bonds is 5. The van der Waals surface area contributed by atoms with Crippen molar-refractivity contribution in [2.75, 3.05) is 0 Å². The molecular weight excluding hydrogens is 326 g/mol. The molecule has 0 amide bonds. The second kappa shape index (κ2) is 7.52. The summed E-state index contributed by atoms with van der Waals surface area (Å²) < 4.78 is 0. The number of hydrogen-bond donors (Lipinski definition) is 0. The highest BCUT2D eigenvalue weighted by molar-refractivity contribution is 6.11. The first-order chi connectivity index (χ1) is 13.2. The molecule has 136 valence electrons. The van der Waals surface area contributed by atoms with Gasteiger partial charge in [0.2, 0.25) is 0 Å². The molecule has 4 aromatic rings. The van der Waals surface area contributed by atoms with Gasteiger partial charge in [-0.2, -0.15) is 0 Å². The van der Waals surface area contributed by atoms with Crippen molar-refractivity contribution in [1.29, 1.82) is 0 Å². The standard InChI is InChI=1S/C26H27N/c1-4-19(5-2)16-20-14-18(3)15-22(17-20)26-25-11-10-21-8-6-7-9-23(21)24(25)12-13-27-26/h6-15,17,19H,4-5,16H2,1-3H3. The third-order valence-corrected chi connectivity index (χ3v) is 5.76. The Morgan fingerprint density at radius 2 is 1.63 bits per heavy atom. The van der Waals surface area contributed by atoms with Crippen molar-refractivity contribution in [2.24, 2.45) is 5.92 Å². The molecule has 0 fully saturated rings. The number of pyridine rings is 1. The number of benzene rings is 3. The van der Waals surface area contributed by atoms with Gasteiger partial charge >= 0.3 is 0 Å². The van der Waals surface area contributed by atoms with E-state index in [0.29, 0.717) is 0 Å². The molecule has 0 bridgehead atoms. The summed E-state index contributed by atoms with van der Waals surface area (Å²) in [5.41, 5.74) is 5.07. The Labute approximate surface area is 162 Å². The van der Waals surface area contributed by atoms with Crippen LogP contribution in [-0.4, -0.2) is 4.98 Å². The molecule has 3 aromatic carbocycles. The van der Waals surface area contributed by atoms with Crippen molar-refractivity contribution in [3.05, 3.63) is 78.0 Å². The fourth-order valence-electron chi connectivity index (χ4n) is 4.20. The van der Waals surface area contributed by atoms with E-state index in [-0.39, 0.29) is 0 Å². The number of fused-ring (bicyclic) bond motifs is 3. The summed E-state index contributed by atoms with van der Waals surface area (Å²) in [4.78, 5) is 4.79. The number of aromatic nitrogens is 1. The molecular formula is C26H27N. The van der Waals surface area contributed by atoms with E-state index in [1.807, 2.05) is 6.20 Å². The maximum atomic E-state index is 4.79. The van der Waals surface area contributed by atoms with Crippen LogP contribution in [-0.2, 0) is 6.42 Å². The van der Waals surface area contributed by atoms with Gasteiger partial charge in [-0.05, 0) is 59.2 Å². The zero-order valence-corrected chi connectivity index (χ0v) is 16.5. The van der Waals surface area contributed by atoms with Crippen LogP contribution in [0.5, 0.6) is 0 Å². The van der Waals surface area contributed by atoms with Crippen molar-refractivity contribution in [1.82, 2.24) is 4.98 Å². The first-order valence-electron chi connectivity index (χ1n) is 10.1. The van der Waals surface area contributed by atoms with Gasteiger partial charge in [0.05, 0.1) is 5.69 Å². The summed E-state index contributed by atoms with van der Waals surface area (Å²) in [6.07, 6.45) is 5.57. The minimum absolute atomic E-state index is 0.754. The highest BCUT2D eigenvalue weighted by Crippen LogP contribution is 2.33. The first kappa shape index (κ1) is 17.7. The number of nitrogens with zero attached hydrogens (tertiary/aromatic N) is 1. The van der Waals surface area contributed by atoms with Gasteiger partial charge in [-0.15, -0.1) is 0 Å². The van der Waals surface area contributed by atoms with Crippen molar-refractivity contribution in [3.8, 4) is 11.3 Å². The normalized spacial score (nSPS) is 11.6. The van der Waals surface area contributed by atoms with E-state index in [1.165, 1.54) is 51.1 Å². The third kappa shape index (κ3) is 3.47. The summed E-state index contributed by atoms with van der Waals surface area (Å²) >= 11 is 0. The predicted molar refractivity (Wildman–Crippen MR) is 117 cm³/mol. The molecule has 4 rings (SSSR count). The summed E-state index contributed by atoms with van der Waals surface area (Å²) in [5.74, 6) is 0.754. The van der Waals surface area contributed by atoms with Gasteiger partial charge in [-0.25, -0.2) is 0 Å². The van der Waals surface area contributed by atoms with Gasteiger partial charge in [-0.3, -0.25) is 4.98 Å². The average molecular weight is 354 g/mol. The van der Waals surface area contributed by atoms with Crippen molar-refractivity contribution in [2.45, 2.75) is 40.0 Å². The van der Waals surface area contributed by atoms with E-state index in [2.05, 4.69) is 81.4 Å². The second-order valence-electron chi connectivity index (χ2n) is 7.64. The van der Waals surface area contributed by atoms with E-state index >= 15 is 0 Å². The number of aryl methyl sites for hydroxylation is 1. The molecule has 1 heteroatoms. The van der Waals surface area contributed by atoms with Crippen LogP contribution in [0.15, 0.2) is 66.9 Å². The van der Waals surface area contributed by atoms with E-state index in [4.69, 9.17) is 4.98 Å². The third-order valence-electron chi connectivity index (χ3n) is 5.76. The van der Waals surface area contributed by atoms with Gasteiger partial charge in [0, 0.05) is 17.1 Å². The smallest absolute Gasteiger partial charge is 0.0780 e. The van der Waals surface area contributed by atoms with Crippen LogP contribution in [0, 0.1) is 12.8 Å². The molecule has 0 saturated heterocycles. The molecule has 1 aromatic heterocycles. The van der Waals surface area contributed by atoms with Crippen LogP contribution in [0.1, 0.15) is 37.8 Å². The Morgan fingerprint density at radius 1 is 0.815 bits per heavy atom. The average Bonchev–Trinajstić information content (AvgIpc) is 2.71. The molecule has 1 heterocycles. The van der Waals surface area contributed by atoms with Crippen molar-refractivity contribution in [3.63, 3.8) is 0 Å². The molecule has 27 heavy (non-hydrogen) atoms. The SMILES string of the molecule is CCC(CC)Cc1cc(C)cc(-c2nccc3c2ccc2ccccc23)c1. The maximum absolute atomic E-state index is 4.79. The van der Waals surface area contributed by atoms with Crippen LogP contribution >= 0.6 is 0 Å². The van der Waals surface area contributed by atoms with E-state index in [9.17, 15) is 0 Å². The van der Waals surface area contributed by atoms with Crippen LogP contribution in [0.4, 0.5) is 0 Å². The molecule has 0 aliphatic rings. The molecule has 0 N–H and O–H groups in total. The highest BCUT2D eigenvalue weighted by atomic mass is 14.7. The zero-order chi connectivity index (χ0) is 18.8. The lowest BCUT2D eigenvalue weighted by Crippen LogP contribution is -2.02. The predicted octanol–water partition coefficient (Wildman–Crippen LogP) is 7.34. The van der Waals surface area contributed by atoms with Crippen LogP contribution < -0.4 is 0 Å². The Balaban J connectivity index is 1.87. The monoisotopic (exact) mass is 353 g/mol. The molecule has 0 radical (unpaired) electrons. The highest BCUT2D eigenvalue weighted by Gasteiger charge is 2.11. The Kier molecular flexibility index (Phi) is 4.94. The largest absolute Gasteiger partial charge is 0.256 e. The molecule has 0 aliphatic carbocycles. The fraction of sp³-hybridized carbons (Fsp3) is 0.269. The fourth-order valence-corrected chi connectivity index (χ4v) is 4.20. The quantitative estimate of drug-likeness (QED) is 0.342. The Hall–Kier alpha value is -2.67. The molecule has 0 atom stereocenters. The minimum atomic E-state index is 0.754. The van der Waals surface area contributed by atoms with Gasteiger partial charge in [0.25, 0.3) is 0 Å². The second-order valence-corrected chi connectivity index (χ2v) is 7.64. The topological polar surface area (TPSA) is 12.9 Å². The molecule has 0 unspecified atom stereocenters. The lowest BCUT2D eigenvalue weighted by molar-refractivity contribution is 0.490. The summed E-state index contributed by atoms with van der Waals surface area (Å²) in [6.45, 7) is 6.78. The lowest BCUT2D eigenvalue weighted by atomic mass is 9.91. The lowest BCUT2D eigenvalue weighted by Gasteiger charge is -2.15. The zero-order valence-electron chi connectivity index (χ0n) is 16.5. The Bertz CT molecular complexity index is 1090. The molecule has 0 aliphatic heterocycles. The molecule has 0 saturated carbocycles. The van der Waals surface area contributed by atoms with Gasteiger partial charge < -0.3 is 0 Å². The summed E-state index contributed by atoms with van der Waals surface area (Å²) in [5, 5.41) is 5.08. The maximum Gasteiger partial charge on any atom is 0.0780 e. The van der Waals surface area contributed by atoms with Crippen LogP contribution in [0.3, 0.4) is 0 Å². The number of hydrogen-bond acceptors (Lipinski definition) is 1. The van der Waals surface area contributed by atoms with Crippen molar-refractivity contribution >= 4 is 21.5 Å². The van der Waals surface area contributed by atoms with Gasteiger partial charge in [0.1, 0.15) is 0 Å². The van der Waals surface area contributed by atoms with Crippen LogP contribution in [0.2, 0.25) is 0 Å². The minimum Gasteiger partial charge on any atom is -0.256 e. The van der Waals surface area contributed by atoms with E-state index in [1.54, 1.807) is 0 Å². The summed E-state index contributed by atoms with van der Waals surface area (Å²) in [7, 11) is 0. The first-order valence-corrected chi connectivity index (χ1v) is 10.1. The van der Waals surface area contributed by atoms with E-state index < -0.39 is 0 Å². The van der Waals surface area contributed by atoms with Gasteiger partial charge in [-0.1, -0.05) is 74.7 Å². The molecule has 1 nitrogen and oxygen atoms in total. The Morgan fingerprint density at radius 3 is 2.44 bits per heavy atom. The van der Waals surface area contributed by atoms with Crippen LogP contribution in [0.25, 0.3) is 32.8 Å². The van der Waals surface area contributed by atoms with E-state index in [0.717, 1.165) is 18.0 Å². The summed E-state index contributed by atoms with van der Waals surface area (Å²) in [6, 6.07) is 22.1.